The largest absolute Gasteiger partial charge is 0.347 e. The minimum atomic E-state index is -4.18. The van der Waals surface area contributed by atoms with Crippen LogP contribution in [0.1, 0.15) is 70.3 Å². The third kappa shape index (κ3) is 11.0. The number of ketones is 1. The molecule has 0 radical (unpaired) electrons. The van der Waals surface area contributed by atoms with E-state index < -0.39 is 57.7 Å². The van der Waals surface area contributed by atoms with E-state index in [-0.39, 0.29) is 42.9 Å². The summed E-state index contributed by atoms with van der Waals surface area (Å²) < 4.78 is 30.2. The van der Waals surface area contributed by atoms with E-state index in [0.717, 1.165) is 37.7 Å². The zero-order valence-electron chi connectivity index (χ0n) is 30.1. The number of benzene rings is 1. The number of nitrogens with one attached hydrogen (secondary N) is 5. The maximum Gasteiger partial charge on any atom is 0.318 e. The van der Waals surface area contributed by atoms with Crippen molar-refractivity contribution in [2.24, 2.45) is 5.92 Å². The Morgan fingerprint density at radius 2 is 1.68 bits per heavy atom. The fourth-order valence-electron chi connectivity index (χ4n) is 6.82. The van der Waals surface area contributed by atoms with E-state index >= 15 is 0 Å². The summed E-state index contributed by atoms with van der Waals surface area (Å²) in [4.78, 5) is 73.7. The number of anilines is 1. The lowest BCUT2D eigenvalue weighted by Crippen LogP contribution is -2.64. The lowest BCUT2D eigenvalue weighted by molar-refractivity contribution is -0.143. The fourth-order valence-corrected chi connectivity index (χ4v) is 8.19. The second-order valence-corrected chi connectivity index (χ2v) is 16.0. The first-order valence-corrected chi connectivity index (χ1v) is 20.1. The molecule has 0 spiro atoms. The van der Waals surface area contributed by atoms with Crippen LogP contribution in [0.25, 0.3) is 0 Å². The van der Waals surface area contributed by atoms with Crippen molar-refractivity contribution in [1.29, 1.82) is 0 Å². The first-order chi connectivity index (χ1) is 25.4. The molecule has 15 nitrogen and oxygen atoms in total. The number of halogens is 1. The van der Waals surface area contributed by atoms with Crippen LogP contribution in [0.2, 0.25) is 5.15 Å². The molecule has 1 aliphatic heterocycles. The third-order valence-electron chi connectivity index (χ3n) is 9.95. The molecule has 5 N–H and O–H groups in total. The smallest absolute Gasteiger partial charge is 0.318 e. The van der Waals surface area contributed by atoms with Crippen molar-refractivity contribution in [2.75, 3.05) is 32.0 Å². The Balaban J connectivity index is 1.37. The molecule has 0 bridgehead atoms. The first kappa shape index (κ1) is 40.1. The topological polar surface area (TPSA) is 199 Å². The molecule has 17 heteroatoms. The molecular formula is C36H49ClN8O7S. The SMILES string of the molecule is CCC[C@H](NC(=O)[C@H]1CN(C(=O)[C@@H](NS(=O)(=O)c2ccc(NC(=O)NC)cc2)C2CCCCC2)CCN1Cc1ccc(Cl)nc1)C(=O)C(=O)NC1CC1. The molecule has 288 valence electrons. The number of amides is 5. The highest BCUT2D eigenvalue weighted by molar-refractivity contribution is 7.89. The highest BCUT2D eigenvalue weighted by atomic mass is 35.5. The van der Waals surface area contributed by atoms with Crippen LogP contribution < -0.4 is 26.0 Å². The maximum atomic E-state index is 14.5. The van der Waals surface area contributed by atoms with Gasteiger partial charge in [-0.2, -0.15) is 4.72 Å². The summed E-state index contributed by atoms with van der Waals surface area (Å²) in [6.45, 7) is 2.56. The molecule has 5 rings (SSSR count). The van der Waals surface area contributed by atoms with E-state index in [1.165, 1.54) is 36.2 Å². The lowest BCUT2D eigenvalue weighted by Gasteiger charge is -2.43. The monoisotopic (exact) mass is 772 g/mol. The van der Waals surface area contributed by atoms with Crippen LogP contribution in [-0.2, 0) is 35.7 Å². The number of urea groups is 1. The molecule has 2 saturated carbocycles. The summed E-state index contributed by atoms with van der Waals surface area (Å²) in [6.07, 6.45) is 8.03. The molecule has 3 aliphatic rings. The Kier molecular flexibility index (Phi) is 13.8. The van der Waals surface area contributed by atoms with Crippen molar-refractivity contribution in [3.63, 3.8) is 0 Å². The molecule has 3 atom stereocenters. The van der Waals surface area contributed by atoms with E-state index in [2.05, 4.69) is 31.0 Å². The van der Waals surface area contributed by atoms with Gasteiger partial charge >= 0.3 is 6.03 Å². The number of pyridine rings is 1. The van der Waals surface area contributed by atoms with Gasteiger partial charge in [-0.15, -0.1) is 0 Å². The van der Waals surface area contributed by atoms with Gasteiger partial charge in [0.15, 0.2) is 0 Å². The highest BCUT2D eigenvalue weighted by Gasteiger charge is 2.42. The van der Waals surface area contributed by atoms with Crippen molar-refractivity contribution < 1.29 is 32.4 Å². The van der Waals surface area contributed by atoms with Gasteiger partial charge in [-0.05, 0) is 73.9 Å². The van der Waals surface area contributed by atoms with Crippen molar-refractivity contribution in [2.45, 2.75) is 100 Å². The molecule has 0 unspecified atom stereocenters. The van der Waals surface area contributed by atoms with Crippen LogP contribution in [-0.4, -0.2) is 104 Å². The first-order valence-electron chi connectivity index (χ1n) is 18.3. The summed E-state index contributed by atoms with van der Waals surface area (Å²) >= 11 is 6.01. The van der Waals surface area contributed by atoms with Gasteiger partial charge in [0, 0.05) is 51.2 Å². The quantitative estimate of drug-likeness (QED) is 0.133. The number of carbonyl (C=O) groups excluding carboxylic acids is 5. The van der Waals surface area contributed by atoms with Crippen molar-refractivity contribution >= 4 is 56.8 Å². The number of aromatic nitrogens is 1. The molecular weight excluding hydrogens is 724 g/mol. The predicted octanol–water partition coefficient (Wildman–Crippen LogP) is 2.56. The highest BCUT2D eigenvalue weighted by Crippen LogP contribution is 2.29. The molecule has 2 aliphatic carbocycles. The predicted molar refractivity (Wildman–Crippen MR) is 198 cm³/mol. The van der Waals surface area contributed by atoms with Gasteiger partial charge in [0.1, 0.15) is 17.2 Å². The Morgan fingerprint density at radius 1 is 0.962 bits per heavy atom. The van der Waals surface area contributed by atoms with Gasteiger partial charge < -0.3 is 26.2 Å². The molecule has 53 heavy (non-hydrogen) atoms. The van der Waals surface area contributed by atoms with Crippen LogP contribution in [0.3, 0.4) is 0 Å². The van der Waals surface area contributed by atoms with Crippen LogP contribution in [0, 0.1) is 5.92 Å². The van der Waals surface area contributed by atoms with Crippen molar-refractivity contribution in [3.8, 4) is 0 Å². The van der Waals surface area contributed by atoms with Crippen LogP contribution in [0.15, 0.2) is 47.5 Å². The summed E-state index contributed by atoms with van der Waals surface area (Å²) in [5, 5.41) is 10.9. The Bertz CT molecular complexity index is 1730. The zero-order valence-corrected chi connectivity index (χ0v) is 31.7. The number of hydrogen-bond donors (Lipinski definition) is 5. The minimum Gasteiger partial charge on any atom is -0.347 e. The normalized spacial score (nSPS) is 19.5. The standard InChI is InChI=1S/C36H49ClN8O7S/c1-3-7-28(32(46)34(48)40-25-11-12-25)42-33(47)29-22-45(19-18-44(29)21-23-10-17-30(37)39-20-23)35(49)31(24-8-5-4-6-9-24)43-53(51,52)27-15-13-26(14-16-27)41-36(50)38-2/h10,13-17,20,24-25,28-29,31,43H,3-9,11-12,18-19,21-22H2,1-2H3,(H,40,48)(H,42,47)(H2,38,41,50)/t28-,29+,31-/m0/s1. The van der Waals surface area contributed by atoms with Crippen molar-refractivity contribution in [3.05, 3.63) is 53.3 Å². The molecule has 5 amide bonds. The number of piperazine rings is 1. The molecule has 2 heterocycles. The van der Waals surface area contributed by atoms with Gasteiger partial charge in [0.2, 0.25) is 27.6 Å². The van der Waals surface area contributed by atoms with Gasteiger partial charge in [0.25, 0.3) is 5.91 Å². The van der Waals surface area contributed by atoms with E-state index in [9.17, 15) is 32.4 Å². The van der Waals surface area contributed by atoms with Crippen LogP contribution >= 0.6 is 11.6 Å². The van der Waals surface area contributed by atoms with Crippen LogP contribution in [0.5, 0.6) is 0 Å². The Labute approximate surface area is 315 Å². The Hall–Kier alpha value is -4.12. The Morgan fingerprint density at radius 3 is 2.30 bits per heavy atom. The average Bonchev–Trinajstić information content (AvgIpc) is 3.98. The summed E-state index contributed by atoms with van der Waals surface area (Å²) in [7, 11) is -2.72. The van der Waals surface area contributed by atoms with Gasteiger partial charge in [-0.1, -0.05) is 50.3 Å². The number of rotatable bonds is 15. The molecule has 1 aromatic heterocycles. The van der Waals surface area contributed by atoms with E-state index in [1.807, 2.05) is 11.8 Å². The second kappa shape index (κ2) is 18.3. The summed E-state index contributed by atoms with van der Waals surface area (Å²) in [5.74, 6) is -2.66. The van der Waals surface area contributed by atoms with Gasteiger partial charge in [-0.25, -0.2) is 18.2 Å². The van der Waals surface area contributed by atoms with Crippen molar-refractivity contribution in [1.82, 2.24) is 35.5 Å². The number of sulfonamides is 1. The van der Waals surface area contributed by atoms with Gasteiger partial charge in [-0.3, -0.25) is 24.1 Å². The third-order valence-corrected chi connectivity index (χ3v) is 11.6. The number of nitrogens with zero attached hydrogens (tertiary/aromatic N) is 3. The van der Waals surface area contributed by atoms with E-state index in [4.69, 9.17) is 11.6 Å². The number of hydrogen-bond acceptors (Lipinski definition) is 9. The second-order valence-electron chi connectivity index (χ2n) is 13.9. The van der Waals surface area contributed by atoms with E-state index in [1.54, 1.807) is 18.3 Å². The average molecular weight is 773 g/mol. The van der Waals surface area contributed by atoms with Gasteiger partial charge in [0.05, 0.1) is 10.9 Å². The summed E-state index contributed by atoms with van der Waals surface area (Å²) in [6, 6.07) is 5.56. The molecule has 1 aromatic carbocycles. The summed E-state index contributed by atoms with van der Waals surface area (Å²) in [5.41, 5.74) is 1.17. The molecule has 1 saturated heterocycles. The maximum absolute atomic E-state index is 14.5. The molecule has 3 fully saturated rings. The minimum absolute atomic E-state index is 0.0225. The zero-order chi connectivity index (χ0) is 38.1. The number of carbonyl (C=O) groups is 5. The molecule has 2 aromatic rings. The van der Waals surface area contributed by atoms with E-state index in [0.29, 0.717) is 36.6 Å². The van der Waals surface area contributed by atoms with Crippen LogP contribution in [0.4, 0.5) is 10.5 Å². The fraction of sp³-hybridized carbons (Fsp3) is 0.556. The number of Topliss-reactive ketones (excluding diaryl/α,β-unsaturated/α-hetero) is 1. The lowest BCUT2D eigenvalue weighted by atomic mass is 9.83.